The molecule has 0 amide bonds. The Bertz CT molecular complexity index is 759. The summed E-state index contributed by atoms with van der Waals surface area (Å²) in [5.41, 5.74) is 1.90. The number of carbonyl (C=O) groups excluding carboxylic acids is 1. The van der Waals surface area contributed by atoms with E-state index in [0.29, 0.717) is 22.2 Å². The average molecular weight is 323 g/mol. The molecule has 2 heterocycles. The number of thioether (sulfide) groups is 1. The smallest absolute Gasteiger partial charge is 0.190 e. The first-order chi connectivity index (χ1) is 11.3. The Morgan fingerprint density at radius 2 is 1.87 bits per heavy atom. The second-order valence-electron chi connectivity index (χ2n) is 5.22. The van der Waals surface area contributed by atoms with E-state index < -0.39 is 0 Å². The van der Waals surface area contributed by atoms with Gasteiger partial charge in [0, 0.05) is 18.7 Å². The summed E-state index contributed by atoms with van der Waals surface area (Å²) in [6, 6.07) is 9.70. The molecule has 0 atom stereocenters. The second kappa shape index (κ2) is 7.30. The third-order valence-electron chi connectivity index (χ3n) is 3.71. The zero-order chi connectivity index (χ0) is 16.1. The third-order valence-corrected chi connectivity index (χ3v) is 4.26. The van der Waals surface area contributed by atoms with Crippen LogP contribution in [0.1, 0.15) is 34.5 Å². The highest BCUT2D eigenvalue weighted by atomic mass is 32.2. The fraction of sp³-hybridized carbons (Fsp3) is 0.278. The number of aromatic nitrogens is 2. The zero-order valence-electron chi connectivity index (χ0n) is 13.0. The summed E-state index contributed by atoms with van der Waals surface area (Å²) in [7, 11) is 0. The van der Waals surface area contributed by atoms with E-state index in [1.165, 1.54) is 11.8 Å². The molecule has 1 aliphatic heterocycles. The van der Waals surface area contributed by atoms with Crippen LogP contribution in [0.5, 0.6) is 0 Å². The summed E-state index contributed by atoms with van der Waals surface area (Å²) in [4.78, 5) is 22.8. The molecular weight excluding hydrogens is 306 g/mol. The van der Waals surface area contributed by atoms with Gasteiger partial charge in [0.2, 0.25) is 0 Å². The molecule has 0 N–H and O–H groups in total. The number of hydrogen-bond donors (Lipinski definition) is 0. The number of carbonyl (C=O) groups is 1. The Morgan fingerprint density at radius 1 is 1.13 bits per heavy atom. The van der Waals surface area contributed by atoms with Crippen LogP contribution in [0.2, 0.25) is 0 Å². The fourth-order valence-corrected chi connectivity index (χ4v) is 2.92. The van der Waals surface area contributed by atoms with Crippen molar-refractivity contribution >= 4 is 23.9 Å². The molecule has 0 spiro atoms. The van der Waals surface area contributed by atoms with Crippen LogP contribution >= 0.6 is 11.8 Å². The molecule has 0 saturated carbocycles. The van der Waals surface area contributed by atoms with Gasteiger partial charge in [-0.1, -0.05) is 35.9 Å². The molecule has 23 heavy (non-hydrogen) atoms. The quantitative estimate of drug-likeness (QED) is 0.376. The Labute approximate surface area is 140 Å². The Kier molecular flexibility index (Phi) is 4.94. The van der Waals surface area contributed by atoms with Gasteiger partial charge in [-0.25, -0.2) is 9.97 Å². The van der Waals surface area contributed by atoms with Gasteiger partial charge in [-0.15, -0.1) is 0 Å². The van der Waals surface area contributed by atoms with Crippen molar-refractivity contribution in [2.75, 3.05) is 24.2 Å². The highest BCUT2D eigenvalue weighted by Gasteiger charge is 2.21. The molecule has 1 aliphatic rings. The van der Waals surface area contributed by atoms with Gasteiger partial charge in [0.15, 0.2) is 11.4 Å². The molecule has 5 heteroatoms. The first-order valence-electron chi connectivity index (χ1n) is 7.55. The topological polar surface area (TPSA) is 46.1 Å². The molecular formula is C18H17N3OS. The molecule has 4 nitrogen and oxygen atoms in total. The first kappa shape index (κ1) is 15.6. The van der Waals surface area contributed by atoms with Gasteiger partial charge in [-0.05, 0) is 37.2 Å². The van der Waals surface area contributed by atoms with Crippen LogP contribution in [0.3, 0.4) is 0 Å². The van der Waals surface area contributed by atoms with Crippen LogP contribution in [0.25, 0.3) is 0 Å². The predicted octanol–water partition coefficient (Wildman–Crippen LogP) is 3.01. The van der Waals surface area contributed by atoms with Crippen molar-refractivity contribution < 1.29 is 4.79 Å². The van der Waals surface area contributed by atoms with E-state index >= 15 is 0 Å². The summed E-state index contributed by atoms with van der Waals surface area (Å²) in [6.07, 6.45) is 5.01. The molecule has 1 fully saturated rings. The van der Waals surface area contributed by atoms with Crippen molar-refractivity contribution in [1.82, 2.24) is 9.97 Å². The molecule has 3 rings (SSSR count). The van der Waals surface area contributed by atoms with E-state index in [1.54, 1.807) is 0 Å². The standard InChI is InChI=1S/C18H17N3OS/c1-23-18-19-16(10-9-14-7-3-2-4-8-14)15(13-22)17(20-18)21-11-5-6-12-21/h2-4,7-8,13H,5-6,11-12H2,1H3. The summed E-state index contributed by atoms with van der Waals surface area (Å²) < 4.78 is 0. The summed E-state index contributed by atoms with van der Waals surface area (Å²) in [6.45, 7) is 1.86. The molecule has 1 aromatic heterocycles. The normalized spacial score (nSPS) is 13.5. The maximum atomic E-state index is 11.6. The maximum Gasteiger partial charge on any atom is 0.190 e. The molecule has 116 valence electrons. The van der Waals surface area contributed by atoms with Crippen LogP contribution in [-0.4, -0.2) is 35.6 Å². The average Bonchev–Trinajstić information content (AvgIpc) is 3.14. The van der Waals surface area contributed by atoms with Crippen LogP contribution in [-0.2, 0) is 0 Å². The molecule has 0 bridgehead atoms. The van der Waals surface area contributed by atoms with Crippen LogP contribution in [0, 0.1) is 11.8 Å². The lowest BCUT2D eigenvalue weighted by Crippen LogP contribution is -2.22. The number of benzene rings is 1. The third kappa shape index (κ3) is 3.54. The molecule has 0 unspecified atom stereocenters. The highest BCUT2D eigenvalue weighted by Crippen LogP contribution is 2.25. The molecule has 1 aromatic carbocycles. The second-order valence-corrected chi connectivity index (χ2v) is 6.00. The van der Waals surface area contributed by atoms with Crippen molar-refractivity contribution in [3.8, 4) is 11.8 Å². The van der Waals surface area contributed by atoms with Crippen molar-refractivity contribution in [2.24, 2.45) is 0 Å². The maximum absolute atomic E-state index is 11.6. The number of hydrogen-bond acceptors (Lipinski definition) is 5. The van der Waals surface area contributed by atoms with Crippen molar-refractivity contribution in [1.29, 1.82) is 0 Å². The number of anilines is 1. The Balaban J connectivity index is 2.06. The van der Waals surface area contributed by atoms with Crippen molar-refractivity contribution in [3.05, 3.63) is 47.2 Å². The number of rotatable bonds is 3. The van der Waals surface area contributed by atoms with Gasteiger partial charge in [0.05, 0.1) is 5.56 Å². The SMILES string of the molecule is CSc1nc(C#Cc2ccccc2)c(C=O)c(N2CCCC2)n1. The lowest BCUT2D eigenvalue weighted by atomic mass is 10.2. The van der Waals surface area contributed by atoms with Gasteiger partial charge in [-0.2, -0.15) is 0 Å². The van der Waals surface area contributed by atoms with E-state index in [9.17, 15) is 4.79 Å². The molecule has 0 radical (unpaired) electrons. The van der Waals surface area contributed by atoms with E-state index in [1.807, 2.05) is 36.6 Å². The van der Waals surface area contributed by atoms with Gasteiger partial charge in [0.1, 0.15) is 11.5 Å². The van der Waals surface area contributed by atoms with Crippen molar-refractivity contribution in [3.63, 3.8) is 0 Å². The van der Waals surface area contributed by atoms with Gasteiger partial charge in [0.25, 0.3) is 0 Å². The minimum absolute atomic E-state index is 0.494. The molecule has 0 aliphatic carbocycles. The molecule has 2 aromatic rings. The lowest BCUT2D eigenvalue weighted by molar-refractivity contribution is 0.112. The van der Waals surface area contributed by atoms with Gasteiger partial charge >= 0.3 is 0 Å². The lowest BCUT2D eigenvalue weighted by Gasteiger charge is -2.19. The number of aldehydes is 1. The van der Waals surface area contributed by atoms with Gasteiger partial charge in [-0.3, -0.25) is 4.79 Å². The van der Waals surface area contributed by atoms with E-state index in [0.717, 1.165) is 37.8 Å². The molecule has 1 saturated heterocycles. The van der Waals surface area contributed by atoms with E-state index in [-0.39, 0.29) is 0 Å². The first-order valence-corrected chi connectivity index (χ1v) is 8.77. The minimum Gasteiger partial charge on any atom is -0.356 e. The minimum atomic E-state index is 0.494. The Morgan fingerprint density at radius 3 is 2.52 bits per heavy atom. The van der Waals surface area contributed by atoms with Gasteiger partial charge < -0.3 is 4.90 Å². The van der Waals surface area contributed by atoms with E-state index in [4.69, 9.17) is 0 Å². The van der Waals surface area contributed by atoms with E-state index in [2.05, 4.69) is 26.7 Å². The summed E-state index contributed by atoms with van der Waals surface area (Å²) in [5, 5.41) is 0.648. The van der Waals surface area contributed by atoms with Crippen LogP contribution in [0.4, 0.5) is 5.82 Å². The van der Waals surface area contributed by atoms with Crippen molar-refractivity contribution in [2.45, 2.75) is 18.0 Å². The largest absolute Gasteiger partial charge is 0.356 e. The fourth-order valence-electron chi connectivity index (χ4n) is 2.56. The summed E-state index contributed by atoms with van der Waals surface area (Å²) >= 11 is 1.46. The van der Waals surface area contributed by atoms with Crippen LogP contribution in [0.15, 0.2) is 35.5 Å². The monoisotopic (exact) mass is 323 g/mol. The zero-order valence-corrected chi connectivity index (χ0v) is 13.8. The Hall–Kier alpha value is -2.32. The summed E-state index contributed by atoms with van der Waals surface area (Å²) in [5.74, 6) is 6.84. The van der Waals surface area contributed by atoms with Crippen LogP contribution < -0.4 is 4.90 Å². The number of nitrogens with zero attached hydrogens (tertiary/aromatic N) is 3. The highest BCUT2D eigenvalue weighted by molar-refractivity contribution is 7.98. The predicted molar refractivity (Wildman–Crippen MR) is 93.1 cm³/mol.